The third-order valence-corrected chi connectivity index (χ3v) is 6.64. The van der Waals surface area contributed by atoms with Crippen LogP contribution in [0.3, 0.4) is 0 Å². The van der Waals surface area contributed by atoms with E-state index in [9.17, 15) is 14.5 Å². The number of pyridine rings is 1. The molecule has 182 valence electrons. The minimum atomic E-state index is -3.98. The second kappa shape index (κ2) is 10.1. The molecule has 1 aliphatic heterocycles. The van der Waals surface area contributed by atoms with Crippen molar-refractivity contribution in [3.05, 3.63) is 48.9 Å². The van der Waals surface area contributed by atoms with Gasteiger partial charge in [-0.05, 0) is 25.1 Å². The first kappa shape index (κ1) is 24.1. The van der Waals surface area contributed by atoms with Gasteiger partial charge in [-0.1, -0.05) is 18.2 Å². The Morgan fingerprint density at radius 3 is 2.82 bits per heavy atom. The molecule has 3 heterocycles. The predicted octanol–water partition coefficient (Wildman–Crippen LogP) is 1.80. The summed E-state index contributed by atoms with van der Waals surface area (Å²) in [5, 5.41) is 10.5. The van der Waals surface area contributed by atoms with E-state index in [2.05, 4.69) is 9.97 Å². The molecule has 0 aliphatic carbocycles. The summed E-state index contributed by atoms with van der Waals surface area (Å²) in [6.07, 6.45) is 0.311. The van der Waals surface area contributed by atoms with E-state index < -0.39 is 44.4 Å². The van der Waals surface area contributed by atoms with Crippen molar-refractivity contribution in [3.8, 4) is 5.75 Å². The summed E-state index contributed by atoms with van der Waals surface area (Å²) in [6, 6.07) is 9.06. The van der Waals surface area contributed by atoms with Crippen LogP contribution in [0.2, 0.25) is 0 Å². The normalized spacial score (nSPS) is 22.9. The quantitative estimate of drug-likeness (QED) is 0.294. The minimum Gasteiger partial charge on any atom is -0.450 e. The van der Waals surface area contributed by atoms with E-state index in [1.807, 2.05) is 0 Å². The Kier molecular flexibility index (Phi) is 7.15. The van der Waals surface area contributed by atoms with Crippen LogP contribution in [0.1, 0.15) is 19.6 Å². The highest BCUT2D eigenvalue weighted by Crippen LogP contribution is 2.49. The Morgan fingerprint density at radius 2 is 2.09 bits per heavy atom. The number of carbonyl (C=O) groups excluding carboxylic acids is 1. The van der Waals surface area contributed by atoms with Gasteiger partial charge in [0.15, 0.2) is 5.65 Å². The number of esters is 1. The standard InChI is InChI=1S/C21H26N5O7P/c1-13(22)21(28)30-12-34(29,33-14-5-3-2-4-6-14)31-10-17-16(27)9-18(32-17)26-11-25-19-15(23)7-8-24-20(19)26/h2-8,11,13,16-18,27H,9-10,12,22H2,1H3,(H2,23,24)/t13-,16-,17+,18+,34?/m0/s1. The summed E-state index contributed by atoms with van der Waals surface area (Å²) in [6.45, 7) is 1.16. The molecule has 3 aromatic rings. The van der Waals surface area contributed by atoms with E-state index in [-0.39, 0.29) is 18.8 Å². The molecule has 4 rings (SSSR count). The van der Waals surface area contributed by atoms with Crippen molar-refractivity contribution in [2.24, 2.45) is 5.73 Å². The van der Waals surface area contributed by atoms with Gasteiger partial charge < -0.3 is 30.6 Å². The number of nitrogen functional groups attached to an aromatic ring is 1. The van der Waals surface area contributed by atoms with E-state index in [1.165, 1.54) is 13.3 Å². The highest BCUT2D eigenvalue weighted by atomic mass is 31.2. The number of aliphatic hydroxyl groups excluding tert-OH is 1. The van der Waals surface area contributed by atoms with Crippen LogP contribution in [-0.2, 0) is 23.4 Å². The van der Waals surface area contributed by atoms with Gasteiger partial charge in [0.1, 0.15) is 29.6 Å². The second-order valence-corrected chi connectivity index (χ2v) is 9.77. The maximum atomic E-state index is 13.4. The van der Waals surface area contributed by atoms with Gasteiger partial charge >= 0.3 is 13.6 Å². The fourth-order valence-corrected chi connectivity index (χ4v) is 4.68. The number of anilines is 1. The molecule has 1 aromatic carbocycles. The minimum absolute atomic E-state index is 0.222. The van der Waals surface area contributed by atoms with Crippen LogP contribution >= 0.6 is 7.60 Å². The van der Waals surface area contributed by atoms with Crippen molar-refractivity contribution >= 4 is 30.4 Å². The number of imidazole rings is 1. The van der Waals surface area contributed by atoms with E-state index in [0.717, 1.165) is 0 Å². The highest BCUT2D eigenvalue weighted by Gasteiger charge is 2.39. The molecule has 0 spiro atoms. The number of para-hydroxylation sites is 1. The molecule has 5 atom stereocenters. The third kappa shape index (κ3) is 5.37. The zero-order valence-electron chi connectivity index (χ0n) is 18.4. The first-order chi connectivity index (χ1) is 16.3. The van der Waals surface area contributed by atoms with Crippen molar-refractivity contribution < 1.29 is 33.0 Å². The summed E-state index contributed by atoms with van der Waals surface area (Å²) in [5.74, 6) is -0.488. The lowest BCUT2D eigenvalue weighted by Crippen LogP contribution is -2.30. The molecule has 12 nitrogen and oxygen atoms in total. The van der Waals surface area contributed by atoms with Gasteiger partial charge in [-0.2, -0.15) is 0 Å². The monoisotopic (exact) mass is 491 g/mol. The molecule has 2 aromatic heterocycles. The van der Waals surface area contributed by atoms with Crippen molar-refractivity contribution in [3.63, 3.8) is 0 Å². The maximum absolute atomic E-state index is 13.4. The lowest BCUT2D eigenvalue weighted by atomic mass is 10.2. The summed E-state index contributed by atoms with van der Waals surface area (Å²) in [5.41, 5.74) is 12.9. The van der Waals surface area contributed by atoms with Crippen molar-refractivity contribution in [1.29, 1.82) is 0 Å². The molecule has 13 heteroatoms. The number of ether oxygens (including phenoxy) is 2. The molecule has 1 fully saturated rings. The molecular formula is C21H26N5O7P. The second-order valence-electron chi connectivity index (χ2n) is 7.85. The van der Waals surface area contributed by atoms with Gasteiger partial charge in [-0.25, -0.2) is 14.5 Å². The average molecular weight is 491 g/mol. The number of nitrogens with two attached hydrogens (primary N) is 2. The zero-order chi connectivity index (χ0) is 24.3. The summed E-state index contributed by atoms with van der Waals surface area (Å²) >= 11 is 0. The number of hydrogen-bond acceptors (Lipinski definition) is 11. The molecule has 1 saturated heterocycles. The molecule has 0 saturated carbocycles. The van der Waals surface area contributed by atoms with Gasteiger partial charge in [-0.15, -0.1) is 0 Å². The Bertz CT molecular complexity index is 1190. The maximum Gasteiger partial charge on any atom is 0.416 e. The fourth-order valence-electron chi connectivity index (χ4n) is 3.39. The average Bonchev–Trinajstić information content (AvgIpc) is 3.41. The molecule has 34 heavy (non-hydrogen) atoms. The van der Waals surface area contributed by atoms with E-state index >= 15 is 0 Å². The molecule has 1 aliphatic rings. The van der Waals surface area contributed by atoms with E-state index in [0.29, 0.717) is 16.9 Å². The summed E-state index contributed by atoms with van der Waals surface area (Å²) in [4.78, 5) is 20.3. The number of aromatic nitrogens is 3. The van der Waals surface area contributed by atoms with Crippen LogP contribution < -0.4 is 16.0 Å². The number of hydrogen-bond donors (Lipinski definition) is 3. The predicted molar refractivity (Wildman–Crippen MR) is 122 cm³/mol. The van der Waals surface area contributed by atoms with Gasteiger partial charge in [0.2, 0.25) is 6.35 Å². The van der Waals surface area contributed by atoms with E-state index in [1.54, 1.807) is 47.2 Å². The number of nitrogens with zero attached hydrogens (tertiary/aromatic N) is 3. The Morgan fingerprint density at radius 1 is 1.32 bits per heavy atom. The molecular weight excluding hydrogens is 465 g/mol. The van der Waals surface area contributed by atoms with Crippen LogP contribution in [0.25, 0.3) is 11.2 Å². The van der Waals surface area contributed by atoms with Gasteiger partial charge in [0.05, 0.1) is 24.7 Å². The lowest BCUT2D eigenvalue weighted by molar-refractivity contribution is -0.143. The zero-order valence-corrected chi connectivity index (χ0v) is 19.3. The summed E-state index contributed by atoms with van der Waals surface area (Å²) in [7, 11) is -3.98. The first-order valence-corrected chi connectivity index (χ1v) is 12.3. The van der Waals surface area contributed by atoms with Crippen LogP contribution in [0, 0.1) is 0 Å². The third-order valence-electron chi connectivity index (χ3n) is 5.17. The Labute approximate surface area is 195 Å². The smallest absolute Gasteiger partial charge is 0.416 e. The largest absolute Gasteiger partial charge is 0.450 e. The van der Waals surface area contributed by atoms with Gasteiger partial charge in [0, 0.05) is 12.6 Å². The van der Waals surface area contributed by atoms with Crippen molar-refractivity contribution in [2.75, 3.05) is 18.7 Å². The van der Waals surface area contributed by atoms with Crippen LogP contribution in [0.4, 0.5) is 5.69 Å². The van der Waals surface area contributed by atoms with Gasteiger partial charge in [-0.3, -0.25) is 13.9 Å². The van der Waals surface area contributed by atoms with Crippen molar-refractivity contribution in [1.82, 2.24) is 14.5 Å². The Hall–Kier alpha value is -3.02. The number of benzene rings is 1. The van der Waals surface area contributed by atoms with E-state index in [4.69, 9.17) is 30.0 Å². The molecule has 1 unspecified atom stereocenters. The molecule has 0 radical (unpaired) electrons. The topological polar surface area (TPSA) is 174 Å². The lowest BCUT2D eigenvalue weighted by Gasteiger charge is -2.22. The molecule has 5 N–H and O–H groups in total. The van der Waals surface area contributed by atoms with Crippen LogP contribution in [0.5, 0.6) is 5.75 Å². The number of aliphatic hydroxyl groups is 1. The van der Waals surface area contributed by atoms with Crippen LogP contribution in [0.15, 0.2) is 48.9 Å². The number of rotatable bonds is 9. The number of fused-ring (bicyclic) bond motifs is 1. The SMILES string of the molecule is C[C@H](N)C(=O)OCP(=O)(OC[C@H]1O[C@@H](n2cnc3c(N)ccnc32)C[C@@H]1O)Oc1ccccc1. The van der Waals surface area contributed by atoms with Crippen molar-refractivity contribution in [2.45, 2.75) is 37.8 Å². The molecule has 0 amide bonds. The fraction of sp³-hybridized carbons (Fsp3) is 0.381. The molecule has 0 bridgehead atoms. The van der Waals surface area contributed by atoms with Gasteiger partial charge in [0.25, 0.3) is 0 Å². The summed E-state index contributed by atoms with van der Waals surface area (Å²) < 4.78 is 37.1. The Balaban J connectivity index is 1.45. The van der Waals surface area contributed by atoms with Crippen LogP contribution in [-0.4, -0.2) is 56.8 Å². The number of carbonyl (C=O) groups is 1. The first-order valence-electron chi connectivity index (χ1n) is 10.6. The highest BCUT2D eigenvalue weighted by molar-refractivity contribution is 7.54.